The van der Waals surface area contributed by atoms with E-state index in [1.54, 1.807) is 36.1 Å². The monoisotopic (exact) mass is 449 g/mol. The summed E-state index contributed by atoms with van der Waals surface area (Å²) in [6, 6.07) is 6.75. The van der Waals surface area contributed by atoms with Crippen molar-refractivity contribution in [2.75, 3.05) is 18.5 Å². The van der Waals surface area contributed by atoms with Gasteiger partial charge in [0.15, 0.2) is 0 Å². The Hall–Kier alpha value is -3.37. The van der Waals surface area contributed by atoms with Crippen molar-refractivity contribution in [3.8, 4) is 0 Å². The smallest absolute Gasteiger partial charge is 0.337 e. The number of fused-ring (bicyclic) bond motifs is 3. The lowest BCUT2D eigenvalue weighted by Gasteiger charge is -2.48. The van der Waals surface area contributed by atoms with E-state index in [9.17, 15) is 27.6 Å². The van der Waals surface area contributed by atoms with Crippen molar-refractivity contribution in [3.05, 3.63) is 48.0 Å². The molecule has 170 valence electrons. The average molecular weight is 449 g/mol. The first-order chi connectivity index (χ1) is 15.0. The van der Waals surface area contributed by atoms with E-state index in [0.717, 1.165) is 4.57 Å². The van der Waals surface area contributed by atoms with Crippen LogP contribution < -0.4 is 4.90 Å². The molecule has 0 saturated carbocycles. The lowest BCUT2D eigenvalue weighted by atomic mass is 9.98. The summed E-state index contributed by atoms with van der Waals surface area (Å²) < 4.78 is 39.2. The minimum atomic E-state index is -4.42. The van der Waals surface area contributed by atoms with Gasteiger partial charge in [-0.3, -0.25) is 19.3 Å². The number of benzene rings is 1. The van der Waals surface area contributed by atoms with Gasteiger partial charge in [0.05, 0.1) is 17.8 Å². The molecule has 8 nitrogen and oxygen atoms in total. The molecular formula is C21H22F3N5O3. The summed E-state index contributed by atoms with van der Waals surface area (Å²) in [4.78, 5) is 46.9. The zero-order valence-electron chi connectivity index (χ0n) is 17.6. The number of para-hydroxylation sites is 1. The quantitative estimate of drug-likeness (QED) is 0.702. The number of hydrogen-bond donors (Lipinski definition) is 0. The Morgan fingerprint density at radius 2 is 1.97 bits per heavy atom. The lowest BCUT2D eigenvalue weighted by molar-refractivity contribution is -0.141. The van der Waals surface area contributed by atoms with Gasteiger partial charge in [0.25, 0.3) is 5.91 Å². The molecule has 0 radical (unpaired) electrons. The number of amides is 3. The van der Waals surface area contributed by atoms with E-state index in [0.29, 0.717) is 17.7 Å². The molecule has 2 aliphatic rings. The molecule has 1 saturated heterocycles. The van der Waals surface area contributed by atoms with Crippen LogP contribution in [-0.4, -0.2) is 62.5 Å². The van der Waals surface area contributed by atoms with Crippen LogP contribution in [0.25, 0.3) is 0 Å². The van der Waals surface area contributed by atoms with Crippen LogP contribution in [0.2, 0.25) is 0 Å². The first-order valence-electron chi connectivity index (χ1n) is 10.1. The van der Waals surface area contributed by atoms with E-state index in [1.165, 1.54) is 29.2 Å². The van der Waals surface area contributed by atoms with Crippen molar-refractivity contribution in [2.45, 2.75) is 44.7 Å². The zero-order chi connectivity index (χ0) is 23.3. The Kier molecular flexibility index (Phi) is 5.22. The van der Waals surface area contributed by atoms with Crippen LogP contribution in [0.1, 0.15) is 35.9 Å². The van der Waals surface area contributed by atoms with Crippen molar-refractivity contribution in [2.24, 2.45) is 0 Å². The Labute approximate surface area is 182 Å². The molecule has 0 N–H and O–H groups in total. The number of carbonyl (C=O) groups excluding carboxylic acids is 3. The van der Waals surface area contributed by atoms with E-state index in [2.05, 4.69) is 4.98 Å². The van der Waals surface area contributed by atoms with Gasteiger partial charge >= 0.3 is 6.18 Å². The Morgan fingerprint density at radius 3 is 2.69 bits per heavy atom. The van der Waals surface area contributed by atoms with E-state index < -0.39 is 24.3 Å². The Morgan fingerprint density at radius 1 is 1.25 bits per heavy atom. The zero-order valence-corrected chi connectivity index (χ0v) is 17.6. The third-order valence-electron chi connectivity index (χ3n) is 5.99. The fourth-order valence-electron chi connectivity index (χ4n) is 4.33. The van der Waals surface area contributed by atoms with Crippen LogP contribution in [0.5, 0.6) is 0 Å². The maximum absolute atomic E-state index is 13.2. The Balaban J connectivity index is 1.55. The van der Waals surface area contributed by atoms with Crippen molar-refractivity contribution >= 4 is 23.4 Å². The van der Waals surface area contributed by atoms with Gasteiger partial charge in [-0.2, -0.15) is 13.2 Å². The van der Waals surface area contributed by atoms with E-state index in [4.69, 9.17) is 0 Å². The maximum atomic E-state index is 13.2. The fourth-order valence-corrected chi connectivity index (χ4v) is 4.33. The molecule has 2 aliphatic heterocycles. The van der Waals surface area contributed by atoms with Crippen molar-refractivity contribution in [1.82, 2.24) is 19.4 Å². The first kappa shape index (κ1) is 21.8. The number of imidazole rings is 1. The van der Waals surface area contributed by atoms with Crippen LogP contribution in [0.4, 0.5) is 18.9 Å². The number of rotatable bonds is 5. The minimum absolute atomic E-state index is 0.0809. The van der Waals surface area contributed by atoms with Gasteiger partial charge in [-0.05, 0) is 25.5 Å². The van der Waals surface area contributed by atoms with Gasteiger partial charge in [0, 0.05) is 25.9 Å². The van der Waals surface area contributed by atoms with Crippen LogP contribution in [0, 0.1) is 0 Å². The molecule has 0 spiro atoms. The largest absolute Gasteiger partial charge is 0.406 e. The number of nitrogens with zero attached hydrogens (tertiary/aromatic N) is 5. The summed E-state index contributed by atoms with van der Waals surface area (Å²) in [5, 5.41) is 0. The number of likely N-dealkylation sites (N-methyl/N-ethyl adjacent to an activating group) is 1. The van der Waals surface area contributed by atoms with E-state index in [-0.39, 0.29) is 37.1 Å². The summed E-state index contributed by atoms with van der Waals surface area (Å²) in [6.45, 7) is 0.0692. The first-order valence-corrected chi connectivity index (χ1v) is 10.1. The molecule has 2 aromatic rings. The molecular weight excluding hydrogens is 427 g/mol. The highest BCUT2D eigenvalue weighted by molar-refractivity contribution is 6.11. The van der Waals surface area contributed by atoms with Crippen LogP contribution in [-0.2, 0) is 22.7 Å². The van der Waals surface area contributed by atoms with Crippen LogP contribution in [0.15, 0.2) is 36.7 Å². The van der Waals surface area contributed by atoms with Gasteiger partial charge in [0.1, 0.15) is 24.6 Å². The predicted octanol–water partition coefficient (Wildman–Crippen LogP) is 2.40. The second kappa shape index (κ2) is 7.64. The predicted molar refractivity (Wildman–Crippen MR) is 107 cm³/mol. The molecule has 1 fully saturated rings. The lowest BCUT2D eigenvalue weighted by Crippen LogP contribution is -2.63. The summed E-state index contributed by atoms with van der Waals surface area (Å²) in [5.74, 6) is -0.890. The van der Waals surface area contributed by atoms with Gasteiger partial charge < -0.3 is 14.4 Å². The summed E-state index contributed by atoms with van der Waals surface area (Å²) in [5.41, 5.74) is -0.140. The molecule has 4 rings (SSSR count). The van der Waals surface area contributed by atoms with Crippen LogP contribution in [0.3, 0.4) is 0 Å². The minimum Gasteiger partial charge on any atom is -0.337 e. The molecule has 3 heterocycles. The molecule has 1 atom stereocenters. The van der Waals surface area contributed by atoms with Crippen molar-refractivity contribution in [3.63, 3.8) is 0 Å². The number of hydrogen-bond acceptors (Lipinski definition) is 4. The topological polar surface area (TPSA) is 78.8 Å². The fraction of sp³-hybridized carbons (Fsp3) is 0.429. The number of halogens is 3. The number of aromatic nitrogens is 2. The molecule has 1 aromatic heterocycles. The molecule has 0 aliphatic carbocycles. The van der Waals surface area contributed by atoms with Gasteiger partial charge in [-0.25, -0.2) is 4.98 Å². The number of carbonyl (C=O) groups is 3. The molecule has 11 heteroatoms. The maximum Gasteiger partial charge on any atom is 0.406 e. The van der Waals surface area contributed by atoms with E-state index in [1.807, 2.05) is 0 Å². The van der Waals surface area contributed by atoms with Crippen LogP contribution >= 0.6 is 0 Å². The highest BCUT2D eigenvalue weighted by Gasteiger charge is 2.53. The average Bonchev–Trinajstić information content (AvgIpc) is 3.27. The van der Waals surface area contributed by atoms with Gasteiger partial charge in [-0.1, -0.05) is 12.1 Å². The molecule has 3 amide bonds. The molecule has 1 aromatic carbocycles. The summed E-state index contributed by atoms with van der Waals surface area (Å²) in [7, 11) is 1.44. The van der Waals surface area contributed by atoms with E-state index >= 15 is 0 Å². The SMILES string of the molecule is CN(Cc1nccn1CC(F)(F)F)C(=O)CN1C(=O)c2ccccc2N2C(=O)CCC12C. The normalized spacial score (nSPS) is 20.4. The third-order valence-corrected chi connectivity index (χ3v) is 5.99. The summed E-state index contributed by atoms with van der Waals surface area (Å²) in [6.07, 6.45) is -1.35. The summed E-state index contributed by atoms with van der Waals surface area (Å²) >= 11 is 0. The number of anilines is 1. The second-order valence-electron chi connectivity index (χ2n) is 8.19. The molecule has 32 heavy (non-hydrogen) atoms. The third kappa shape index (κ3) is 3.71. The van der Waals surface area contributed by atoms with Crippen molar-refractivity contribution in [1.29, 1.82) is 0 Å². The van der Waals surface area contributed by atoms with Gasteiger partial charge in [-0.15, -0.1) is 0 Å². The van der Waals surface area contributed by atoms with Gasteiger partial charge in [0.2, 0.25) is 11.8 Å². The second-order valence-corrected chi connectivity index (χ2v) is 8.19. The highest BCUT2D eigenvalue weighted by atomic mass is 19.4. The van der Waals surface area contributed by atoms with Crippen molar-refractivity contribution < 1.29 is 27.6 Å². The molecule has 0 bridgehead atoms. The molecule has 1 unspecified atom stereocenters. The highest BCUT2D eigenvalue weighted by Crippen LogP contribution is 2.43. The Bertz CT molecular complexity index is 1080. The number of alkyl halides is 3. The standard InChI is InChI=1S/C21H22F3N5O3/c1-20-8-7-17(30)29(20)15-6-4-3-5-14(15)19(32)28(20)12-18(31)26(2)11-16-25-9-10-27(16)13-21(22,23)24/h3-6,9-10H,7-8,11-13H2,1-2H3.